The molecule has 0 bridgehead atoms. The summed E-state index contributed by atoms with van der Waals surface area (Å²) in [6, 6.07) is 5.49. The van der Waals surface area contributed by atoms with Gasteiger partial charge in [0.15, 0.2) is 0 Å². The van der Waals surface area contributed by atoms with Crippen LogP contribution in [0.25, 0.3) is 0 Å². The summed E-state index contributed by atoms with van der Waals surface area (Å²) in [7, 11) is 0. The maximum Gasteiger partial charge on any atom is 0.0328 e. The van der Waals surface area contributed by atoms with Crippen LogP contribution in [0.1, 0.15) is 42.4 Å². The molecule has 1 unspecified atom stereocenters. The first-order chi connectivity index (χ1) is 9.35. The predicted octanol–water partition coefficient (Wildman–Crippen LogP) is 3.37. The Bertz CT molecular complexity index is 401. The van der Waals surface area contributed by atoms with Crippen LogP contribution in [0.2, 0.25) is 0 Å². The number of hydrogen-bond acceptors (Lipinski definition) is 3. The van der Waals surface area contributed by atoms with Crippen LogP contribution in [0.4, 0.5) is 0 Å². The second kappa shape index (κ2) is 6.38. The van der Waals surface area contributed by atoms with Gasteiger partial charge in [0.1, 0.15) is 0 Å². The first-order valence-corrected chi connectivity index (χ1v) is 8.71. The lowest BCUT2D eigenvalue weighted by Gasteiger charge is -2.35. The molecule has 3 heteroatoms. The third-order valence-electron chi connectivity index (χ3n) is 4.58. The highest BCUT2D eigenvalue weighted by Crippen LogP contribution is 2.24. The van der Waals surface area contributed by atoms with Gasteiger partial charge < -0.3 is 0 Å². The molecular formula is C16H26N2S. The monoisotopic (exact) mass is 278 g/mol. The van der Waals surface area contributed by atoms with E-state index in [0.29, 0.717) is 0 Å². The maximum atomic E-state index is 2.75. The van der Waals surface area contributed by atoms with Gasteiger partial charge in [-0.15, -0.1) is 11.3 Å². The maximum absolute atomic E-state index is 2.75. The van der Waals surface area contributed by atoms with Gasteiger partial charge in [0.2, 0.25) is 0 Å². The van der Waals surface area contributed by atoms with Crippen LogP contribution in [0.5, 0.6) is 0 Å². The zero-order valence-corrected chi connectivity index (χ0v) is 12.9. The van der Waals surface area contributed by atoms with E-state index in [9.17, 15) is 0 Å². The molecule has 2 nitrogen and oxygen atoms in total. The quantitative estimate of drug-likeness (QED) is 0.836. The van der Waals surface area contributed by atoms with Gasteiger partial charge in [0.05, 0.1) is 0 Å². The van der Waals surface area contributed by atoms with Crippen LogP contribution < -0.4 is 0 Å². The normalized spacial score (nSPS) is 26.1. The summed E-state index contributed by atoms with van der Waals surface area (Å²) in [6.45, 7) is 8.67. The Morgan fingerprint density at radius 2 is 1.95 bits per heavy atom. The number of rotatable bonds is 3. The Hall–Kier alpha value is -0.380. The molecule has 106 valence electrons. The van der Waals surface area contributed by atoms with Gasteiger partial charge in [-0.1, -0.05) is 13.3 Å². The molecule has 2 saturated heterocycles. The number of piperidine rings is 1. The molecule has 0 N–H and O–H groups in total. The van der Waals surface area contributed by atoms with E-state index in [1.54, 1.807) is 4.88 Å². The van der Waals surface area contributed by atoms with Crippen molar-refractivity contribution in [3.8, 4) is 0 Å². The van der Waals surface area contributed by atoms with Crippen molar-refractivity contribution in [3.05, 3.63) is 21.9 Å². The molecule has 1 aromatic rings. The summed E-state index contributed by atoms with van der Waals surface area (Å²) >= 11 is 2.01. The summed E-state index contributed by atoms with van der Waals surface area (Å²) in [4.78, 5) is 8.53. The number of hydrogen-bond donors (Lipinski definition) is 0. The summed E-state index contributed by atoms with van der Waals surface area (Å²) < 4.78 is 0. The molecule has 19 heavy (non-hydrogen) atoms. The summed E-state index contributed by atoms with van der Waals surface area (Å²) in [5, 5.41) is 0. The molecule has 2 fully saturated rings. The Labute approximate surface area is 121 Å². The van der Waals surface area contributed by atoms with Crippen molar-refractivity contribution in [1.29, 1.82) is 0 Å². The fourth-order valence-corrected chi connectivity index (χ4v) is 4.51. The van der Waals surface area contributed by atoms with E-state index in [1.807, 2.05) is 11.3 Å². The highest BCUT2D eigenvalue weighted by Gasteiger charge is 2.26. The van der Waals surface area contributed by atoms with Crippen molar-refractivity contribution in [2.45, 2.75) is 51.6 Å². The zero-order valence-electron chi connectivity index (χ0n) is 12.1. The molecule has 0 aliphatic carbocycles. The average Bonchev–Trinajstić information content (AvgIpc) is 2.78. The fraction of sp³-hybridized carbons (Fsp3) is 0.750. The molecule has 0 amide bonds. The molecule has 2 aliphatic heterocycles. The van der Waals surface area contributed by atoms with Crippen LogP contribution in [-0.4, -0.2) is 42.0 Å². The number of thiophene rings is 1. The fourth-order valence-electron chi connectivity index (χ4n) is 3.51. The van der Waals surface area contributed by atoms with Gasteiger partial charge >= 0.3 is 0 Å². The molecular weight excluding hydrogens is 252 g/mol. The molecule has 1 aromatic heterocycles. The Kier molecular flexibility index (Phi) is 4.57. The highest BCUT2D eigenvalue weighted by molar-refractivity contribution is 7.11. The van der Waals surface area contributed by atoms with Crippen LogP contribution in [-0.2, 0) is 13.0 Å². The summed E-state index contributed by atoms with van der Waals surface area (Å²) in [5.74, 6) is 0. The second-order valence-corrected chi connectivity index (χ2v) is 7.25. The van der Waals surface area contributed by atoms with Crippen molar-refractivity contribution in [3.63, 3.8) is 0 Å². The van der Waals surface area contributed by atoms with E-state index in [1.165, 1.54) is 69.7 Å². The van der Waals surface area contributed by atoms with Gasteiger partial charge in [-0.25, -0.2) is 0 Å². The highest BCUT2D eigenvalue weighted by atomic mass is 32.1. The van der Waals surface area contributed by atoms with Gasteiger partial charge in [-0.3, -0.25) is 9.80 Å². The molecule has 1 atom stereocenters. The smallest absolute Gasteiger partial charge is 0.0328 e. The molecule has 0 radical (unpaired) electrons. The lowest BCUT2D eigenvalue weighted by molar-refractivity contribution is 0.135. The molecule has 2 aliphatic rings. The van der Waals surface area contributed by atoms with E-state index in [0.717, 1.165) is 6.04 Å². The van der Waals surface area contributed by atoms with Crippen molar-refractivity contribution in [2.24, 2.45) is 0 Å². The minimum Gasteiger partial charge on any atom is -0.299 e. The zero-order chi connectivity index (χ0) is 13.1. The van der Waals surface area contributed by atoms with Crippen molar-refractivity contribution in [2.75, 3.05) is 26.2 Å². The van der Waals surface area contributed by atoms with Gasteiger partial charge in [-0.05, 0) is 57.5 Å². The average molecular weight is 278 g/mol. The summed E-state index contributed by atoms with van der Waals surface area (Å²) in [6.07, 6.45) is 6.81. The number of aryl methyl sites for hydroxylation is 1. The molecule has 0 saturated carbocycles. The van der Waals surface area contributed by atoms with Gasteiger partial charge in [0.25, 0.3) is 0 Å². The topological polar surface area (TPSA) is 6.48 Å². The van der Waals surface area contributed by atoms with Crippen LogP contribution in [0.15, 0.2) is 12.1 Å². The van der Waals surface area contributed by atoms with Crippen molar-refractivity contribution < 1.29 is 0 Å². The van der Waals surface area contributed by atoms with Crippen molar-refractivity contribution in [1.82, 2.24) is 9.80 Å². The van der Waals surface area contributed by atoms with Crippen LogP contribution in [0, 0.1) is 0 Å². The first-order valence-electron chi connectivity index (χ1n) is 7.89. The third-order valence-corrected chi connectivity index (χ3v) is 5.80. The van der Waals surface area contributed by atoms with E-state index < -0.39 is 0 Å². The lowest BCUT2D eigenvalue weighted by Crippen LogP contribution is -2.43. The van der Waals surface area contributed by atoms with E-state index >= 15 is 0 Å². The summed E-state index contributed by atoms with van der Waals surface area (Å²) in [5.41, 5.74) is 0. The van der Waals surface area contributed by atoms with Crippen molar-refractivity contribution >= 4 is 11.3 Å². The van der Waals surface area contributed by atoms with Crippen LogP contribution >= 0.6 is 11.3 Å². The van der Waals surface area contributed by atoms with E-state index in [4.69, 9.17) is 0 Å². The molecule has 0 spiro atoms. The molecule has 3 heterocycles. The van der Waals surface area contributed by atoms with Crippen LogP contribution in [0.3, 0.4) is 0 Å². The SMILES string of the molecule is CCc1ccc(CN2CCCN3CCCCC3C2)s1. The minimum atomic E-state index is 0.835. The number of fused-ring (bicyclic) bond motifs is 1. The molecule has 0 aromatic carbocycles. The second-order valence-electron chi connectivity index (χ2n) is 6.00. The minimum absolute atomic E-state index is 0.835. The third kappa shape index (κ3) is 3.39. The standard InChI is InChI=1S/C16H26N2S/c1-2-15-7-8-16(19-15)13-17-9-5-11-18-10-4-3-6-14(18)12-17/h7-8,14H,2-6,9-13H2,1H3. The lowest BCUT2D eigenvalue weighted by atomic mass is 10.0. The first kappa shape index (κ1) is 13.6. The van der Waals surface area contributed by atoms with Gasteiger partial charge in [-0.2, -0.15) is 0 Å². The molecule has 3 rings (SSSR count). The number of nitrogens with zero attached hydrogens (tertiary/aromatic N) is 2. The Balaban J connectivity index is 1.61. The van der Waals surface area contributed by atoms with E-state index in [-0.39, 0.29) is 0 Å². The van der Waals surface area contributed by atoms with Gasteiger partial charge in [0, 0.05) is 28.9 Å². The van der Waals surface area contributed by atoms with E-state index in [2.05, 4.69) is 28.9 Å². The largest absolute Gasteiger partial charge is 0.299 e. The predicted molar refractivity (Wildman–Crippen MR) is 82.8 cm³/mol. The Morgan fingerprint density at radius 3 is 2.79 bits per heavy atom. The Morgan fingerprint density at radius 1 is 1.11 bits per heavy atom.